The Morgan fingerprint density at radius 3 is 2.39 bits per heavy atom. The van der Waals surface area contributed by atoms with Crippen LogP contribution in [0.15, 0.2) is 83.8 Å². The standard InChI is InChI=1S/C27H23F3N2O4/c1-35-21-5-2-4-18(16-21)10-13-25(33)31-24-7-3-6-23-22(24)14-15-32(26(23)34)17-19-8-11-20(12-9-19)36-27(28,29)30/h2-9,11-12,14-16H,10,13,17H2,1H3,(H,31,33). The van der Waals surface area contributed by atoms with E-state index in [-0.39, 0.29) is 30.2 Å². The molecule has 0 bridgehead atoms. The maximum absolute atomic E-state index is 13.1. The molecule has 6 nitrogen and oxygen atoms in total. The summed E-state index contributed by atoms with van der Waals surface area (Å²) in [5.41, 5.74) is 1.85. The molecule has 36 heavy (non-hydrogen) atoms. The number of nitrogens with one attached hydrogen (secondary N) is 1. The number of benzene rings is 3. The highest BCUT2D eigenvalue weighted by Gasteiger charge is 2.30. The van der Waals surface area contributed by atoms with Gasteiger partial charge in [0.15, 0.2) is 0 Å². The van der Waals surface area contributed by atoms with Crippen LogP contribution in [0.1, 0.15) is 17.5 Å². The van der Waals surface area contributed by atoms with E-state index in [4.69, 9.17) is 4.74 Å². The SMILES string of the molecule is COc1cccc(CCC(=O)Nc2cccc3c(=O)n(Cc4ccc(OC(F)(F)F)cc4)ccc23)c1. The lowest BCUT2D eigenvalue weighted by molar-refractivity contribution is -0.274. The highest BCUT2D eigenvalue weighted by atomic mass is 19.4. The molecule has 0 saturated heterocycles. The molecule has 1 amide bonds. The van der Waals surface area contributed by atoms with Gasteiger partial charge in [0.05, 0.1) is 13.7 Å². The van der Waals surface area contributed by atoms with Gasteiger partial charge in [-0.15, -0.1) is 13.2 Å². The van der Waals surface area contributed by atoms with Gasteiger partial charge in [-0.2, -0.15) is 0 Å². The summed E-state index contributed by atoms with van der Waals surface area (Å²) < 4.78 is 47.6. The lowest BCUT2D eigenvalue weighted by atomic mass is 10.1. The number of aryl methyl sites for hydroxylation is 1. The molecule has 0 fully saturated rings. The van der Waals surface area contributed by atoms with E-state index < -0.39 is 6.36 Å². The van der Waals surface area contributed by atoms with E-state index in [0.29, 0.717) is 28.4 Å². The Balaban J connectivity index is 1.47. The predicted octanol–water partition coefficient (Wildman–Crippen LogP) is 5.53. The number of nitrogens with zero attached hydrogens (tertiary/aromatic N) is 1. The molecule has 0 radical (unpaired) electrons. The monoisotopic (exact) mass is 496 g/mol. The zero-order valence-corrected chi connectivity index (χ0v) is 19.3. The molecule has 0 unspecified atom stereocenters. The van der Waals surface area contributed by atoms with Crippen molar-refractivity contribution in [2.75, 3.05) is 12.4 Å². The number of amides is 1. The third kappa shape index (κ3) is 6.24. The van der Waals surface area contributed by atoms with E-state index >= 15 is 0 Å². The van der Waals surface area contributed by atoms with Crippen LogP contribution >= 0.6 is 0 Å². The normalized spacial score (nSPS) is 11.3. The van der Waals surface area contributed by atoms with E-state index in [9.17, 15) is 22.8 Å². The van der Waals surface area contributed by atoms with Crippen LogP contribution in [0.4, 0.5) is 18.9 Å². The summed E-state index contributed by atoms with van der Waals surface area (Å²) in [6.07, 6.45) is -2.38. The first kappa shape index (κ1) is 24.8. The first-order valence-corrected chi connectivity index (χ1v) is 11.1. The number of hydrogen-bond donors (Lipinski definition) is 1. The smallest absolute Gasteiger partial charge is 0.497 e. The van der Waals surface area contributed by atoms with E-state index in [0.717, 1.165) is 11.3 Å². The third-order valence-electron chi connectivity index (χ3n) is 5.58. The predicted molar refractivity (Wildman–Crippen MR) is 130 cm³/mol. The topological polar surface area (TPSA) is 69.6 Å². The summed E-state index contributed by atoms with van der Waals surface area (Å²) >= 11 is 0. The molecule has 0 spiro atoms. The fraction of sp³-hybridized carbons (Fsp3) is 0.185. The molecular formula is C27H23F3N2O4. The second kappa shape index (κ2) is 10.6. The number of aromatic nitrogens is 1. The maximum Gasteiger partial charge on any atom is 0.573 e. The molecule has 0 saturated carbocycles. The molecule has 0 aliphatic carbocycles. The van der Waals surface area contributed by atoms with E-state index in [1.807, 2.05) is 24.3 Å². The molecule has 4 aromatic rings. The van der Waals surface area contributed by atoms with Crippen LogP contribution in [0.5, 0.6) is 11.5 Å². The largest absolute Gasteiger partial charge is 0.573 e. The Hall–Kier alpha value is -4.27. The minimum Gasteiger partial charge on any atom is -0.497 e. The summed E-state index contributed by atoms with van der Waals surface area (Å²) in [6, 6.07) is 19.7. The molecule has 0 atom stereocenters. The van der Waals surface area contributed by atoms with Gasteiger partial charge in [0, 0.05) is 29.1 Å². The highest BCUT2D eigenvalue weighted by molar-refractivity contribution is 6.01. The molecule has 0 aliphatic heterocycles. The molecule has 9 heteroatoms. The lowest BCUT2D eigenvalue weighted by Crippen LogP contribution is -2.21. The second-order valence-electron chi connectivity index (χ2n) is 8.11. The molecule has 0 aliphatic rings. The van der Waals surface area contributed by atoms with Gasteiger partial charge < -0.3 is 19.4 Å². The Labute approximate surface area is 204 Å². The molecule has 3 aromatic carbocycles. The van der Waals surface area contributed by atoms with Crippen molar-refractivity contribution in [3.8, 4) is 11.5 Å². The van der Waals surface area contributed by atoms with Gasteiger partial charge in [-0.05, 0) is 60.0 Å². The van der Waals surface area contributed by atoms with Crippen molar-refractivity contribution >= 4 is 22.4 Å². The average Bonchev–Trinajstić information content (AvgIpc) is 2.85. The zero-order chi connectivity index (χ0) is 25.7. The number of alkyl halides is 3. The van der Waals surface area contributed by atoms with Crippen LogP contribution in [0.2, 0.25) is 0 Å². The molecule has 1 aromatic heterocycles. The Bertz CT molecular complexity index is 1430. The maximum atomic E-state index is 13.1. The number of ether oxygens (including phenoxy) is 2. The van der Waals surface area contributed by atoms with E-state index in [1.165, 1.54) is 28.8 Å². The van der Waals surface area contributed by atoms with Gasteiger partial charge >= 0.3 is 6.36 Å². The zero-order valence-electron chi connectivity index (χ0n) is 19.3. The Morgan fingerprint density at radius 2 is 1.67 bits per heavy atom. The minimum absolute atomic E-state index is 0.165. The number of anilines is 1. The lowest BCUT2D eigenvalue weighted by Gasteiger charge is -2.12. The number of halogens is 3. The van der Waals surface area contributed by atoms with E-state index in [1.54, 1.807) is 37.6 Å². The van der Waals surface area contributed by atoms with Crippen LogP contribution in [-0.4, -0.2) is 23.9 Å². The number of fused-ring (bicyclic) bond motifs is 1. The van der Waals surface area contributed by atoms with Crippen LogP contribution in [0, 0.1) is 0 Å². The summed E-state index contributed by atoms with van der Waals surface area (Å²) in [4.78, 5) is 25.6. The molecular weight excluding hydrogens is 473 g/mol. The van der Waals surface area contributed by atoms with Gasteiger partial charge in [0.1, 0.15) is 11.5 Å². The van der Waals surface area contributed by atoms with Gasteiger partial charge in [-0.1, -0.05) is 30.3 Å². The fourth-order valence-corrected chi connectivity index (χ4v) is 3.84. The summed E-state index contributed by atoms with van der Waals surface area (Å²) in [5.74, 6) is 0.211. The Morgan fingerprint density at radius 1 is 0.917 bits per heavy atom. The molecule has 4 rings (SSSR count). The van der Waals surface area contributed by atoms with Gasteiger partial charge in [0.2, 0.25) is 5.91 Å². The van der Waals surface area contributed by atoms with Crippen molar-refractivity contribution in [2.24, 2.45) is 0 Å². The molecule has 1 heterocycles. The van der Waals surface area contributed by atoms with Crippen molar-refractivity contribution in [3.05, 3.63) is 100 Å². The third-order valence-corrected chi connectivity index (χ3v) is 5.58. The fourth-order valence-electron chi connectivity index (χ4n) is 3.84. The number of pyridine rings is 1. The quantitative estimate of drug-likeness (QED) is 0.348. The summed E-state index contributed by atoms with van der Waals surface area (Å²) in [5, 5.41) is 3.90. The number of carbonyl (C=O) groups is 1. The first-order chi connectivity index (χ1) is 17.2. The van der Waals surface area contributed by atoms with Crippen LogP contribution in [0.25, 0.3) is 10.8 Å². The van der Waals surface area contributed by atoms with Crippen molar-refractivity contribution in [1.29, 1.82) is 0 Å². The van der Waals surface area contributed by atoms with Gasteiger partial charge in [-0.25, -0.2) is 0 Å². The number of methoxy groups -OCH3 is 1. The van der Waals surface area contributed by atoms with Gasteiger partial charge in [-0.3, -0.25) is 9.59 Å². The van der Waals surface area contributed by atoms with Crippen molar-refractivity contribution in [3.63, 3.8) is 0 Å². The second-order valence-corrected chi connectivity index (χ2v) is 8.11. The van der Waals surface area contributed by atoms with Crippen LogP contribution < -0.4 is 20.3 Å². The summed E-state index contributed by atoms with van der Waals surface area (Å²) in [6.45, 7) is 0.165. The molecule has 186 valence electrons. The first-order valence-electron chi connectivity index (χ1n) is 11.1. The number of carbonyl (C=O) groups excluding carboxylic acids is 1. The minimum atomic E-state index is -4.76. The van der Waals surface area contributed by atoms with Gasteiger partial charge in [0.25, 0.3) is 5.56 Å². The molecule has 1 N–H and O–H groups in total. The Kier molecular flexibility index (Phi) is 7.28. The average molecular weight is 496 g/mol. The van der Waals surface area contributed by atoms with Crippen molar-refractivity contribution in [1.82, 2.24) is 4.57 Å². The van der Waals surface area contributed by atoms with Crippen LogP contribution in [-0.2, 0) is 17.8 Å². The van der Waals surface area contributed by atoms with Crippen molar-refractivity contribution < 1.29 is 27.4 Å². The number of hydrogen-bond acceptors (Lipinski definition) is 4. The van der Waals surface area contributed by atoms with Crippen molar-refractivity contribution in [2.45, 2.75) is 25.7 Å². The number of rotatable bonds is 8. The summed E-state index contributed by atoms with van der Waals surface area (Å²) in [7, 11) is 1.59. The van der Waals surface area contributed by atoms with Crippen LogP contribution in [0.3, 0.4) is 0 Å². The van der Waals surface area contributed by atoms with E-state index in [2.05, 4.69) is 10.1 Å². The highest BCUT2D eigenvalue weighted by Crippen LogP contribution is 2.24.